The molecule has 1 fully saturated rings. The number of carbonyl (C=O) groups is 1. The number of nitrogens with one attached hydrogen (secondary N) is 1. The van der Waals surface area contributed by atoms with Gasteiger partial charge in [-0.1, -0.05) is 12.1 Å². The van der Waals surface area contributed by atoms with E-state index in [9.17, 15) is 26.4 Å². The van der Waals surface area contributed by atoms with E-state index in [0.717, 1.165) is 18.4 Å². The molecule has 0 saturated carbocycles. The highest BCUT2D eigenvalue weighted by molar-refractivity contribution is 7.88. The number of amides is 1. The molecule has 0 aliphatic carbocycles. The van der Waals surface area contributed by atoms with Crippen LogP contribution in [0.4, 0.5) is 19.1 Å². The molecule has 3 N–H and O–H groups in total. The predicted octanol–water partition coefficient (Wildman–Crippen LogP) is 1.96. The lowest BCUT2D eigenvalue weighted by Crippen LogP contribution is -2.39. The fraction of sp³-hybridized carbons (Fsp3) is 0.389. The van der Waals surface area contributed by atoms with E-state index >= 15 is 0 Å². The number of carbonyl (C=O) groups excluding carboxylic acids is 1. The Morgan fingerprint density at radius 3 is 2.57 bits per heavy atom. The number of benzene rings is 1. The lowest BCUT2D eigenvalue weighted by atomic mass is 9.98. The van der Waals surface area contributed by atoms with Crippen molar-refractivity contribution < 1.29 is 26.4 Å². The molecule has 1 aliphatic rings. The van der Waals surface area contributed by atoms with Crippen molar-refractivity contribution in [2.75, 3.05) is 25.1 Å². The summed E-state index contributed by atoms with van der Waals surface area (Å²) in [6, 6.07) is 4.05. The van der Waals surface area contributed by atoms with Crippen molar-refractivity contribution >= 4 is 21.9 Å². The third-order valence-corrected chi connectivity index (χ3v) is 5.40. The van der Waals surface area contributed by atoms with E-state index in [0.29, 0.717) is 36.2 Å². The predicted molar refractivity (Wildman–Crippen MR) is 103 cm³/mol. The number of nitrogen functional groups attached to an aromatic ring is 1. The van der Waals surface area contributed by atoms with E-state index < -0.39 is 40.3 Å². The van der Waals surface area contributed by atoms with Gasteiger partial charge in [-0.3, -0.25) is 4.79 Å². The largest absolute Gasteiger partial charge is 0.416 e. The number of aromatic nitrogens is 2. The Hall–Kier alpha value is -2.73. The molecule has 1 aromatic carbocycles. The normalized spacial score (nSPS) is 17.3. The van der Waals surface area contributed by atoms with Gasteiger partial charge in [0.05, 0.1) is 30.1 Å². The highest BCUT2D eigenvalue weighted by atomic mass is 32.2. The topological polar surface area (TPSA) is 118 Å². The van der Waals surface area contributed by atoms with Gasteiger partial charge in [0.1, 0.15) is 0 Å². The Morgan fingerprint density at radius 1 is 1.30 bits per heavy atom. The van der Waals surface area contributed by atoms with Crippen LogP contribution < -0.4 is 10.5 Å². The fourth-order valence-electron chi connectivity index (χ4n) is 3.37. The minimum atomic E-state index is -4.46. The van der Waals surface area contributed by atoms with E-state index in [2.05, 4.69) is 14.7 Å². The zero-order chi connectivity index (χ0) is 22.1. The number of alkyl halides is 3. The summed E-state index contributed by atoms with van der Waals surface area (Å²) in [5.74, 6) is -0.465. The number of nitrogens with zero attached hydrogens (tertiary/aromatic N) is 3. The summed E-state index contributed by atoms with van der Waals surface area (Å²) in [6.45, 7) is -0.00316. The highest BCUT2D eigenvalue weighted by Gasteiger charge is 2.34. The maximum atomic E-state index is 12.9. The van der Waals surface area contributed by atoms with Crippen molar-refractivity contribution in [2.24, 2.45) is 0 Å². The van der Waals surface area contributed by atoms with Gasteiger partial charge in [0.25, 0.3) is 0 Å². The molecule has 0 radical (unpaired) electrons. The number of rotatable bonds is 5. The van der Waals surface area contributed by atoms with Crippen LogP contribution in [0.2, 0.25) is 0 Å². The van der Waals surface area contributed by atoms with E-state index in [-0.39, 0.29) is 5.95 Å². The number of halogens is 3. The summed E-state index contributed by atoms with van der Waals surface area (Å²) >= 11 is 0. The standard InChI is InChI=1S/C18H20F3N5O3S/c1-30(28,29)24-10-15(27)26-8-2-3-14(26)16-13(9-23-17(22)25-16)11-4-6-12(7-5-11)18(19,20)21/h4-7,9,14,24H,2-3,8,10H2,1H3,(H2,22,23,25). The van der Waals surface area contributed by atoms with E-state index in [1.807, 2.05) is 0 Å². The Balaban J connectivity index is 1.94. The van der Waals surface area contributed by atoms with Crippen molar-refractivity contribution in [3.05, 3.63) is 41.7 Å². The second-order valence-corrected chi connectivity index (χ2v) is 8.77. The maximum absolute atomic E-state index is 12.9. The molecule has 1 atom stereocenters. The van der Waals surface area contributed by atoms with Crippen molar-refractivity contribution in [2.45, 2.75) is 25.1 Å². The third-order valence-electron chi connectivity index (χ3n) is 4.73. The molecular weight excluding hydrogens is 423 g/mol. The zero-order valence-corrected chi connectivity index (χ0v) is 16.8. The molecule has 1 saturated heterocycles. The van der Waals surface area contributed by atoms with Crippen LogP contribution in [0.1, 0.15) is 30.1 Å². The summed E-state index contributed by atoms with van der Waals surface area (Å²) in [6.07, 6.45) is -0.883. The molecule has 30 heavy (non-hydrogen) atoms. The number of hydrogen-bond acceptors (Lipinski definition) is 6. The van der Waals surface area contributed by atoms with Crippen LogP contribution in [0.15, 0.2) is 30.5 Å². The van der Waals surface area contributed by atoms with Gasteiger partial charge in [-0.2, -0.15) is 13.2 Å². The van der Waals surface area contributed by atoms with Gasteiger partial charge < -0.3 is 10.6 Å². The minimum Gasteiger partial charge on any atom is -0.368 e. The molecule has 1 aliphatic heterocycles. The van der Waals surface area contributed by atoms with E-state index in [4.69, 9.17) is 5.73 Å². The van der Waals surface area contributed by atoms with Gasteiger partial charge in [0.2, 0.25) is 21.9 Å². The van der Waals surface area contributed by atoms with Crippen LogP contribution in [0, 0.1) is 0 Å². The smallest absolute Gasteiger partial charge is 0.368 e. The molecule has 12 heteroatoms. The first-order valence-electron chi connectivity index (χ1n) is 9.00. The van der Waals surface area contributed by atoms with Gasteiger partial charge in [0.15, 0.2) is 0 Å². The minimum absolute atomic E-state index is 0.0331. The van der Waals surface area contributed by atoms with Crippen LogP contribution in [-0.4, -0.2) is 48.5 Å². The molecule has 1 unspecified atom stereocenters. The Kier molecular flexibility index (Phi) is 5.99. The third kappa shape index (κ3) is 5.05. The lowest BCUT2D eigenvalue weighted by Gasteiger charge is -2.26. The summed E-state index contributed by atoms with van der Waals surface area (Å²) in [5.41, 5.74) is 6.26. The maximum Gasteiger partial charge on any atom is 0.416 e. The summed E-state index contributed by atoms with van der Waals surface area (Å²) in [4.78, 5) is 22.3. The van der Waals surface area contributed by atoms with Crippen molar-refractivity contribution in [1.82, 2.24) is 19.6 Å². The second-order valence-electron chi connectivity index (χ2n) is 6.94. The van der Waals surface area contributed by atoms with E-state index in [1.54, 1.807) is 0 Å². The van der Waals surface area contributed by atoms with Gasteiger partial charge in [-0.15, -0.1) is 0 Å². The van der Waals surface area contributed by atoms with Crippen molar-refractivity contribution in [1.29, 1.82) is 0 Å². The number of hydrogen-bond donors (Lipinski definition) is 2. The summed E-state index contributed by atoms with van der Waals surface area (Å²) in [5, 5.41) is 0. The molecule has 8 nitrogen and oxygen atoms in total. The van der Waals surface area contributed by atoms with Gasteiger partial charge >= 0.3 is 6.18 Å². The van der Waals surface area contributed by atoms with Crippen molar-refractivity contribution in [3.8, 4) is 11.1 Å². The number of likely N-dealkylation sites (tertiary alicyclic amines) is 1. The molecule has 1 amide bonds. The zero-order valence-electron chi connectivity index (χ0n) is 16.0. The van der Waals surface area contributed by atoms with Gasteiger partial charge in [0, 0.05) is 18.3 Å². The average Bonchev–Trinajstić information content (AvgIpc) is 3.14. The van der Waals surface area contributed by atoms with Gasteiger partial charge in [-0.05, 0) is 30.5 Å². The molecular formula is C18H20F3N5O3S. The first kappa shape index (κ1) is 22.0. The highest BCUT2D eigenvalue weighted by Crippen LogP contribution is 2.37. The van der Waals surface area contributed by atoms with Crippen LogP contribution in [0.5, 0.6) is 0 Å². The summed E-state index contributed by atoms with van der Waals surface area (Å²) in [7, 11) is -3.54. The Morgan fingerprint density at radius 2 is 1.97 bits per heavy atom. The molecule has 0 bridgehead atoms. The quantitative estimate of drug-likeness (QED) is 0.729. The molecule has 162 valence electrons. The SMILES string of the molecule is CS(=O)(=O)NCC(=O)N1CCCC1c1nc(N)ncc1-c1ccc(C(F)(F)F)cc1. The number of nitrogens with two attached hydrogens (primary N) is 1. The van der Waals surface area contributed by atoms with Crippen LogP contribution >= 0.6 is 0 Å². The number of sulfonamides is 1. The molecule has 1 aromatic heterocycles. The van der Waals surface area contributed by atoms with Gasteiger partial charge in [-0.25, -0.2) is 23.1 Å². The molecule has 2 aromatic rings. The lowest BCUT2D eigenvalue weighted by molar-refractivity contribution is -0.137. The molecule has 3 rings (SSSR count). The monoisotopic (exact) mass is 443 g/mol. The van der Waals surface area contributed by atoms with Crippen molar-refractivity contribution in [3.63, 3.8) is 0 Å². The summed E-state index contributed by atoms with van der Waals surface area (Å²) < 4.78 is 63.3. The first-order valence-corrected chi connectivity index (χ1v) is 10.9. The first-order chi connectivity index (χ1) is 14.0. The van der Waals surface area contributed by atoms with Crippen LogP contribution in [0.3, 0.4) is 0 Å². The average molecular weight is 443 g/mol. The molecule has 0 spiro atoms. The second kappa shape index (κ2) is 8.19. The van der Waals surface area contributed by atoms with Crippen LogP contribution in [0.25, 0.3) is 11.1 Å². The van der Waals surface area contributed by atoms with Crippen LogP contribution in [-0.2, 0) is 21.0 Å². The molecule has 2 heterocycles. The Bertz CT molecular complexity index is 1040. The Labute approximate surface area is 171 Å². The van der Waals surface area contributed by atoms with E-state index in [1.165, 1.54) is 23.2 Å². The number of anilines is 1. The fourth-order valence-corrected chi connectivity index (χ4v) is 3.75.